The van der Waals surface area contributed by atoms with E-state index in [9.17, 15) is 9.59 Å². The summed E-state index contributed by atoms with van der Waals surface area (Å²) in [6.07, 6.45) is 1.93. The smallest absolute Gasteiger partial charge is 0.233 e. The van der Waals surface area contributed by atoms with Gasteiger partial charge in [0.1, 0.15) is 6.42 Å². The SMILES string of the molecule is Cc1cc(Br)ccc1NC(=O)CC(=O)NC1CC1. The number of rotatable bonds is 4. The van der Waals surface area contributed by atoms with Crippen LogP contribution in [-0.4, -0.2) is 17.9 Å². The lowest BCUT2D eigenvalue weighted by Crippen LogP contribution is -2.29. The van der Waals surface area contributed by atoms with Crippen LogP contribution in [0.5, 0.6) is 0 Å². The lowest BCUT2D eigenvalue weighted by molar-refractivity contribution is -0.126. The van der Waals surface area contributed by atoms with Gasteiger partial charge >= 0.3 is 0 Å². The summed E-state index contributed by atoms with van der Waals surface area (Å²) in [5.41, 5.74) is 1.70. The Morgan fingerprint density at radius 3 is 2.67 bits per heavy atom. The van der Waals surface area contributed by atoms with E-state index in [4.69, 9.17) is 0 Å². The summed E-state index contributed by atoms with van der Waals surface area (Å²) in [5.74, 6) is -0.483. The molecule has 0 radical (unpaired) electrons. The number of benzene rings is 1. The van der Waals surface area contributed by atoms with Crippen molar-refractivity contribution in [3.8, 4) is 0 Å². The van der Waals surface area contributed by atoms with Crippen LogP contribution in [0, 0.1) is 6.92 Å². The predicted molar refractivity (Wildman–Crippen MR) is 73.3 cm³/mol. The molecule has 0 bridgehead atoms. The first-order chi connectivity index (χ1) is 8.54. The molecule has 0 aromatic heterocycles. The summed E-state index contributed by atoms with van der Waals surface area (Å²) in [7, 11) is 0. The van der Waals surface area contributed by atoms with Crippen LogP contribution >= 0.6 is 15.9 Å². The highest BCUT2D eigenvalue weighted by molar-refractivity contribution is 9.10. The first-order valence-corrected chi connectivity index (χ1v) is 6.69. The van der Waals surface area contributed by atoms with Gasteiger partial charge in [-0.25, -0.2) is 0 Å². The molecule has 0 saturated heterocycles. The van der Waals surface area contributed by atoms with Gasteiger partial charge in [0.15, 0.2) is 0 Å². The summed E-state index contributed by atoms with van der Waals surface area (Å²) >= 11 is 3.36. The van der Waals surface area contributed by atoms with E-state index in [2.05, 4.69) is 26.6 Å². The van der Waals surface area contributed by atoms with Crippen LogP contribution in [0.1, 0.15) is 24.8 Å². The van der Waals surface area contributed by atoms with Gasteiger partial charge in [-0.3, -0.25) is 9.59 Å². The maximum Gasteiger partial charge on any atom is 0.233 e. The quantitative estimate of drug-likeness (QED) is 0.839. The molecule has 1 aromatic carbocycles. The highest BCUT2D eigenvalue weighted by Crippen LogP contribution is 2.20. The number of nitrogens with one attached hydrogen (secondary N) is 2. The molecule has 0 spiro atoms. The van der Waals surface area contributed by atoms with Gasteiger partial charge in [0.2, 0.25) is 11.8 Å². The van der Waals surface area contributed by atoms with Crippen molar-refractivity contribution in [3.05, 3.63) is 28.2 Å². The third kappa shape index (κ3) is 3.84. The van der Waals surface area contributed by atoms with E-state index in [-0.39, 0.29) is 18.2 Å². The molecule has 2 amide bonds. The van der Waals surface area contributed by atoms with Gasteiger partial charge in [0.05, 0.1) is 0 Å². The molecule has 96 valence electrons. The highest BCUT2D eigenvalue weighted by Gasteiger charge is 2.24. The molecule has 1 aliphatic carbocycles. The van der Waals surface area contributed by atoms with Crippen molar-refractivity contribution < 1.29 is 9.59 Å². The molecule has 2 N–H and O–H groups in total. The summed E-state index contributed by atoms with van der Waals surface area (Å²) < 4.78 is 0.962. The minimum absolute atomic E-state index is 0.119. The number of amides is 2. The number of aryl methyl sites for hydroxylation is 1. The normalized spacial score (nSPS) is 14.1. The minimum Gasteiger partial charge on any atom is -0.353 e. The van der Waals surface area contributed by atoms with Crippen LogP contribution in [0.15, 0.2) is 22.7 Å². The third-order valence-corrected chi connectivity index (χ3v) is 3.22. The van der Waals surface area contributed by atoms with E-state index in [1.165, 1.54) is 0 Å². The second kappa shape index (κ2) is 5.52. The highest BCUT2D eigenvalue weighted by atomic mass is 79.9. The number of halogens is 1. The molecule has 1 fully saturated rings. The monoisotopic (exact) mass is 310 g/mol. The second-order valence-electron chi connectivity index (χ2n) is 4.53. The predicted octanol–water partition coefficient (Wildman–Crippen LogP) is 2.36. The van der Waals surface area contributed by atoms with Crippen LogP contribution in [0.4, 0.5) is 5.69 Å². The Labute approximate surface area is 114 Å². The van der Waals surface area contributed by atoms with E-state index >= 15 is 0 Å². The molecule has 2 rings (SSSR count). The Hall–Kier alpha value is -1.36. The first-order valence-electron chi connectivity index (χ1n) is 5.90. The van der Waals surface area contributed by atoms with Crippen LogP contribution in [0.3, 0.4) is 0 Å². The molecule has 0 aliphatic heterocycles. The standard InChI is InChI=1S/C13H15BrN2O2/c1-8-6-9(14)2-5-11(8)16-13(18)7-12(17)15-10-3-4-10/h2,5-6,10H,3-4,7H2,1H3,(H,15,17)(H,16,18). The zero-order chi connectivity index (χ0) is 13.1. The van der Waals surface area contributed by atoms with Gasteiger partial charge in [-0.15, -0.1) is 0 Å². The summed E-state index contributed by atoms with van der Waals surface area (Å²) in [5, 5.41) is 5.53. The fourth-order valence-electron chi connectivity index (χ4n) is 1.61. The third-order valence-electron chi connectivity index (χ3n) is 2.73. The summed E-state index contributed by atoms with van der Waals surface area (Å²) in [6, 6.07) is 5.88. The average molecular weight is 311 g/mol. The van der Waals surface area contributed by atoms with Gasteiger partial charge in [-0.2, -0.15) is 0 Å². The van der Waals surface area contributed by atoms with Crippen LogP contribution in [-0.2, 0) is 9.59 Å². The largest absolute Gasteiger partial charge is 0.353 e. The van der Waals surface area contributed by atoms with Crippen molar-refractivity contribution in [1.29, 1.82) is 0 Å². The Balaban J connectivity index is 1.87. The van der Waals surface area contributed by atoms with Gasteiger partial charge in [-0.05, 0) is 43.5 Å². The fourth-order valence-corrected chi connectivity index (χ4v) is 2.09. The van der Waals surface area contributed by atoms with Crippen molar-refractivity contribution in [3.63, 3.8) is 0 Å². The molecule has 0 atom stereocenters. The van der Waals surface area contributed by atoms with Crippen LogP contribution < -0.4 is 10.6 Å². The zero-order valence-corrected chi connectivity index (χ0v) is 11.7. The maximum atomic E-state index is 11.7. The Morgan fingerprint density at radius 2 is 2.06 bits per heavy atom. The minimum atomic E-state index is -0.279. The number of hydrogen-bond acceptors (Lipinski definition) is 2. The summed E-state index contributed by atoms with van der Waals surface area (Å²) in [4.78, 5) is 23.1. The van der Waals surface area contributed by atoms with Crippen molar-refractivity contribution in [2.75, 3.05) is 5.32 Å². The van der Waals surface area contributed by atoms with E-state index in [0.717, 1.165) is 28.6 Å². The lowest BCUT2D eigenvalue weighted by Gasteiger charge is -2.08. The Bertz CT molecular complexity index is 484. The van der Waals surface area contributed by atoms with Gasteiger partial charge in [0.25, 0.3) is 0 Å². The molecule has 1 aliphatic rings. The van der Waals surface area contributed by atoms with Gasteiger partial charge in [0, 0.05) is 16.2 Å². The second-order valence-corrected chi connectivity index (χ2v) is 5.44. The van der Waals surface area contributed by atoms with Crippen LogP contribution in [0.2, 0.25) is 0 Å². The molecule has 18 heavy (non-hydrogen) atoms. The van der Waals surface area contributed by atoms with E-state index < -0.39 is 0 Å². The van der Waals surface area contributed by atoms with Crippen molar-refractivity contribution in [2.24, 2.45) is 0 Å². The lowest BCUT2D eigenvalue weighted by atomic mass is 10.2. The van der Waals surface area contributed by atoms with Gasteiger partial charge in [-0.1, -0.05) is 15.9 Å². The van der Waals surface area contributed by atoms with Crippen molar-refractivity contribution in [1.82, 2.24) is 5.32 Å². The van der Waals surface area contributed by atoms with E-state index in [1.807, 2.05) is 25.1 Å². The number of carbonyl (C=O) groups is 2. The maximum absolute atomic E-state index is 11.7. The molecule has 4 nitrogen and oxygen atoms in total. The topological polar surface area (TPSA) is 58.2 Å². The average Bonchev–Trinajstić information content (AvgIpc) is 3.05. The fraction of sp³-hybridized carbons (Fsp3) is 0.385. The number of hydrogen-bond donors (Lipinski definition) is 2. The first kappa shape index (κ1) is 13.1. The van der Waals surface area contributed by atoms with E-state index in [0.29, 0.717) is 6.04 Å². The number of anilines is 1. The zero-order valence-electron chi connectivity index (χ0n) is 10.1. The molecule has 1 saturated carbocycles. The summed E-state index contributed by atoms with van der Waals surface area (Å²) in [6.45, 7) is 1.91. The molecule has 5 heteroatoms. The van der Waals surface area contributed by atoms with Gasteiger partial charge < -0.3 is 10.6 Å². The van der Waals surface area contributed by atoms with Crippen molar-refractivity contribution in [2.45, 2.75) is 32.2 Å². The molecule has 0 unspecified atom stereocenters. The molecule has 1 aromatic rings. The van der Waals surface area contributed by atoms with Crippen molar-refractivity contribution >= 4 is 33.4 Å². The molecular formula is C13H15BrN2O2. The number of carbonyl (C=O) groups excluding carboxylic acids is 2. The van der Waals surface area contributed by atoms with E-state index in [1.54, 1.807) is 0 Å². The van der Waals surface area contributed by atoms with Crippen LogP contribution in [0.25, 0.3) is 0 Å². The molecule has 0 heterocycles. The Morgan fingerprint density at radius 1 is 1.33 bits per heavy atom. The Kier molecular flexibility index (Phi) is 4.01. The molecular weight excluding hydrogens is 296 g/mol.